The molecular weight excluding hydrogens is 300 g/mol. The van der Waals surface area contributed by atoms with E-state index in [1.54, 1.807) is 24.4 Å². The van der Waals surface area contributed by atoms with Gasteiger partial charge >= 0.3 is 0 Å². The summed E-state index contributed by atoms with van der Waals surface area (Å²) in [5, 5.41) is 3.32. The molecule has 3 rings (SSSR count). The summed E-state index contributed by atoms with van der Waals surface area (Å²) in [6.07, 6.45) is 3.00. The highest BCUT2D eigenvalue weighted by Crippen LogP contribution is 2.24. The van der Waals surface area contributed by atoms with Crippen LogP contribution in [-0.4, -0.2) is 10.9 Å². The van der Waals surface area contributed by atoms with Gasteiger partial charge in [0.25, 0.3) is 5.91 Å². The minimum atomic E-state index is -0.213. The number of amides is 1. The normalized spacial score (nSPS) is 10.5. The molecule has 3 aromatic rings. The van der Waals surface area contributed by atoms with Crippen LogP contribution in [0.15, 0.2) is 59.5 Å². The molecule has 0 aliphatic carbocycles. The number of anilines is 1. The fourth-order valence-electron chi connectivity index (χ4n) is 2.06. The van der Waals surface area contributed by atoms with Crippen LogP contribution in [0.4, 0.5) is 5.69 Å². The van der Waals surface area contributed by atoms with Crippen molar-refractivity contribution in [2.24, 2.45) is 0 Å². The molecule has 0 atom stereocenters. The first kappa shape index (κ1) is 14.4. The highest BCUT2D eigenvalue weighted by Gasteiger charge is 2.09. The van der Waals surface area contributed by atoms with Gasteiger partial charge in [0.2, 0.25) is 0 Å². The Kier molecular flexibility index (Phi) is 3.94. The van der Waals surface area contributed by atoms with E-state index in [4.69, 9.17) is 16.0 Å². The quantitative estimate of drug-likeness (QED) is 0.771. The van der Waals surface area contributed by atoms with E-state index in [1.807, 2.05) is 31.2 Å². The summed E-state index contributed by atoms with van der Waals surface area (Å²) in [7, 11) is 0. The maximum Gasteiger partial charge on any atom is 0.255 e. The van der Waals surface area contributed by atoms with Crippen LogP contribution in [0, 0.1) is 6.92 Å². The standard InChI is InChI=1S/C17H13ClN2O2/c1-11-2-7-15(14(18)8-11)20-17(21)13-5-3-12(4-6-13)16-9-19-10-22-16/h2-10H,1H3,(H,20,21). The monoisotopic (exact) mass is 312 g/mol. The maximum atomic E-state index is 12.2. The van der Waals surface area contributed by atoms with Crippen LogP contribution in [0.25, 0.3) is 11.3 Å². The van der Waals surface area contributed by atoms with Crippen molar-refractivity contribution >= 4 is 23.2 Å². The number of nitrogens with one attached hydrogen (secondary N) is 1. The minimum Gasteiger partial charge on any atom is -0.444 e. The molecular formula is C17H13ClN2O2. The zero-order valence-corrected chi connectivity index (χ0v) is 12.6. The zero-order chi connectivity index (χ0) is 15.5. The Bertz CT molecular complexity index is 796. The number of carbonyl (C=O) groups is 1. The number of carbonyl (C=O) groups excluding carboxylic acids is 1. The Morgan fingerprint density at radius 2 is 1.95 bits per heavy atom. The largest absolute Gasteiger partial charge is 0.444 e. The lowest BCUT2D eigenvalue weighted by molar-refractivity contribution is 0.102. The number of halogens is 1. The first-order chi connectivity index (χ1) is 10.6. The second-order valence-electron chi connectivity index (χ2n) is 4.88. The van der Waals surface area contributed by atoms with Gasteiger partial charge in [0.05, 0.1) is 16.9 Å². The van der Waals surface area contributed by atoms with Gasteiger partial charge in [-0.25, -0.2) is 4.98 Å². The van der Waals surface area contributed by atoms with Crippen LogP contribution < -0.4 is 5.32 Å². The Balaban J connectivity index is 1.77. The van der Waals surface area contributed by atoms with Crippen molar-refractivity contribution in [1.82, 2.24) is 4.98 Å². The molecule has 0 saturated heterocycles. The minimum absolute atomic E-state index is 0.213. The second kappa shape index (κ2) is 6.03. The molecule has 1 heterocycles. The number of benzene rings is 2. The molecule has 0 aliphatic rings. The highest BCUT2D eigenvalue weighted by molar-refractivity contribution is 6.34. The number of aromatic nitrogens is 1. The fourth-order valence-corrected chi connectivity index (χ4v) is 2.34. The van der Waals surface area contributed by atoms with Gasteiger partial charge in [-0.05, 0) is 36.8 Å². The van der Waals surface area contributed by atoms with Crippen molar-refractivity contribution in [3.8, 4) is 11.3 Å². The van der Waals surface area contributed by atoms with Gasteiger partial charge in [0.1, 0.15) is 0 Å². The van der Waals surface area contributed by atoms with Crippen LogP contribution >= 0.6 is 11.6 Å². The van der Waals surface area contributed by atoms with E-state index in [2.05, 4.69) is 10.3 Å². The number of hydrogen-bond donors (Lipinski definition) is 1. The van der Waals surface area contributed by atoms with Gasteiger partial charge in [-0.2, -0.15) is 0 Å². The predicted octanol–water partition coefficient (Wildman–Crippen LogP) is 4.56. The van der Waals surface area contributed by atoms with Gasteiger partial charge in [-0.1, -0.05) is 29.8 Å². The number of oxazole rings is 1. The van der Waals surface area contributed by atoms with E-state index < -0.39 is 0 Å². The van der Waals surface area contributed by atoms with Crippen molar-refractivity contribution in [2.75, 3.05) is 5.32 Å². The van der Waals surface area contributed by atoms with Crippen LogP contribution in [-0.2, 0) is 0 Å². The summed E-state index contributed by atoms with van der Waals surface area (Å²) in [5.41, 5.74) is 3.04. The topological polar surface area (TPSA) is 55.1 Å². The molecule has 22 heavy (non-hydrogen) atoms. The Morgan fingerprint density at radius 3 is 2.59 bits per heavy atom. The number of aryl methyl sites for hydroxylation is 1. The molecule has 5 heteroatoms. The van der Waals surface area contributed by atoms with Crippen molar-refractivity contribution in [3.05, 3.63) is 71.2 Å². The summed E-state index contributed by atoms with van der Waals surface area (Å²) in [6, 6.07) is 12.6. The molecule has 0 unspecified atom stereocenters. The summed E-state index contributed by atoms with van der Waals surface area (Å²) in [6.45, 7) is 1.94. The summed E-state index contributed by atoms with van der Waals surface area (Å²) < 4.78 is 5.21. The molecule has 0 aliphatic heterocycles. The highest BCUT2D eigenvalue weighted by atomic mass is 35.5. The Morgan fingerprint density at radius 1 is 1.18 bits per heavy atom. The van der Waals surface area contributed by atoms with Gasteiger partial charge in [0.15, 0.2) is 12.2 Å². The van der Waals surface area contributed by atoms with E-state index in [-0.39, 0.29) is 5.91 Å². The van der Waals surface area contributed by atoms with Gasteiger partial charge < -0.3 is 9.73 Å². The van der Waals surface area contributed by atoms with Crippen LogP contribution in [0.1, 0.15) is 15.9 Å². The zero-order valence-electron chi connectivity index (χ0n) is 11.8. The average molecular weight is 313 g/mol. The molecule has 0 spiro atoms. The average Bonchev–Trinajstić information content (AvgIpc) is 3.04. The molecule has 0 radical (unpaired) electrons. The Hall–Kier alpha value is -2.59. The van der Waals surface area contributed by atoms with Crippen molar-refractivity contribution in [1.29, 1.82) is 0 Å². The van der Waals surface area contributed by atoms with E-state index in [9.17, 15) is 4.79 Å². The Labute approximate surface area is 132 Å². The lowest BCUT2D eigenvalue weighted by atomic mass is 10.1. The second-order valence-corrected chi connectivity index (χ2v) is 5.29. The molecule has 1 N–H and O–H groups in total. The van der Waals surface area contributed by atoms with E-state index in [0.717, 1.165) is 11.1 Å². The molecule has 110 valence electrons. The van der Waals surface area contributed by atoms with Gasteiger partial charge in [0, 0.05) is 11.1 Å². The maximum absolute atomic E-state index is 12.2. The van der Waals surface area contributed by atoms with E-state index in [0.29, 0.717) is 22.0 Å². The van der Waals surface area contributed by atoms with E-state index >= 15 is 0 Å². The fraction of sp³-hybridized carbons (Fsp3) is 0.0588. The number of hydrogen-bond acceptors (Lipinski definition) is 3. The smallest absolute Gasteiger partial charge is 0.255 e. The van der Waals surface area contributed by atoms with Crippen molar-refractivity contribution in [2.45, 2.75) is 6.92 Å². The first-order valence-electron chi connectivity index (χ1n) is 6.70. The van der Waals surface area contributed by atoms with Gasteiger partial charge in [-0.15, -0.1) is 0 Å². The molecule has 1 amide bonds. The number of rotatable bonds is 3. The third-order valence-electron chi connectivity index (χ3n) is 3.24. The molecule has 1 aromatic heterocycles. The third kappa shape index (κ3) is 3.02. The van der Waals surface area contributed by atoms with Crippen molar-refractivity contribution < 1.29 is 9.21 Å². The molecule has 2 aromatic carbocycles. The molecule has 0 fully saturated rings. The first-order valence-corrected chi connectivity index (χ1v) is 7.08. The lowest BCUT2D eigenvalue weighted by Crippen LogP contribution is -2.12. The SMILES string of the molecule is Cc1ccc(NC(=O)c2ccc(-c3cnco3)cc2)c(Cl)c1. The van der Waals surface area contributed by atoms with E-state index in [1.165, 1.54) is 6.39 Å². The third-order valence-corrected chi connectivity index (χ3v) is 3.55. The van der Waals surface area contributed by atoms with Crippen molar-refractivity contribution in [3.63, 3.8) is 0 Å². The lowest BCUT2D eigenvalue weighted by Gasteiger charge is -2.08. The number of nitrogens with zero attached hydrogens (tertiary/aromatic N) is 1. The molecule has 0 bridgehead atoms. The summed E-state index contributed by atoms with van der Waals surface area (Å²) in [5.74, 6) is 0.448. The van der Waals surface area contributed by atoms with Crippen LogP contribution in [0.5, 0.6) is 0 Å². The van der Waals surface area contributed by atoms with Crippen LogP contribution in [0.3, 0.4) is 0 Å². The molecule has 0 saturated carbocycles. The van der Waals surface area contributed by atoms with Gasteiger partial charge in [-0.3, -0.25) is 4.79 Å². The molecule has 4 nitrogen and oxygen atoms in total. The predicted molar refractivity (Wildman–Crippen MR) is 86.1 cm³/mol. The summed E-state index contributed by atoms with van der Waals surface area (Å²) in [4.78, 5) is 16.1. The summed E-state index contributed by atoms with van der Waals surface area (Å²) >= 11 is 6.12. The van der Waals surface area contributed by atoms with Crippen LogP contribution in [0.2, 0.25) is 5.02 Å².